The minimum atomic E-state index is -1.19. The molecular weight excluding hydrogens is 286 g/mol. The Morgan fingerprint density at radius 3 is 2.80 bits per heavy atom. The van der Waals surface area contributed by atoms with E-state index < -0.39 is 11.9 Å². The van der Waals surface area contributed by atoms with Crippen LogP contribution in [-0.2, 0) is 13.6 Å². The van der Waals surface area contributed by atoms with Gasteiger partial charge < -0.3 is 10.4 Å². The van der Waals surface area contributed by atoms with Crippen molar-refractivity contribution in [3.63, 3.8) is 0 Å². The summed E-state index contributed by atoms with van der Waals surface area (Å²) in [4.78, 5) is 22.8. The van der Waals surface area contributed by atoms with E-state index in [1.165, 1.54) is 17.1 Å². The van der Waals surface area contributed by atoms with Gasteiger partial charge in [-0.2, -0.15) is 10.2 Å². The van der Waals surface area contributed by atoms with Crippen molar-refractivity contribution in [3.8, 4) is 0 Å². The smallest absolute Gasteiger partial charge is 0.339 e. The van der Waals surface area contributed by atoms with Gasteiger partial charge in [0.15, 0.2) is 5.69 Å². The van der Waals surface area contributed by atoms with Crippen LogP contribution in [0.5, 0.6) is 0 Å². The molecule has 20 heavy (non-hydrogen) atoms. The van der Waals surface area contributed by atoms with Crippen LogP contribution in [0.25, 0.3) is 0 Å². The molecule has 1 amide bonds. The molecule has 0 radical (unpaired) electrons. The van der Waals surface area contributed by atoms with E-state index in [0.29, 0.717) is 11.6 Å². The van der Waals surface area contributed by atoms with Gasteiger partial charge in [0, 0.05) is 26.0 Å². The Morgan fingerprint density at radius 2 is 2.20 bits per heavy atom. The third kappa shape index (κ3) is 3.15. The zero-order chi connectivity index (χ0) is 14.7. The maximum absolute atomic E-state index is 11.9. The van der Waals surface area contributed by atoms with Crippen LogP contribution < -0.4 is 5.32 Å². The van der Waals surface area contributed by atoms with Crippen LogP contribution in [0.3, 0.4) is 0 Å². The number of nitrogens with one attached hydrogen (secondary N) is 1. The van der Waals surface area contributed by atoms with Crippen molar-refractivity contribution < 1.29 is 14.7 Å². The number of aromatic carboxylic acids is 1. The second-order valence-electron chi connectivity index (χ2n) is 4.05. The molecule has 2 aromatic heterocycles. The predicted octanol–water partition coefficient (Wildman–Crippen LogP) is 0.398. The normalized spacial score (nSPS) is 10.5. The third-order valence-electron chi connectivity index (χ3n) is 2.50. The number of hydrogen-bond donors (Lipinski definition) is 2. The minimum Gasteiger partial charge on any atom is -0.478 e. The fourth-order valence-electron chi connectivity index (χ4n) is 1.64. The molecule has 2 N–H and O–H groups in total. The molecular formula is C11H12ClN5O3. The first-order valence-electron chi connectivity index (χ1n) is 5.70. The first-order chi connectivity index (χ1) is 9.47. The Balaban J connectivity index is 1.96. The number of carboxylic acid groups (broad SMARTS) is 1. The number of halogens is 1. The highest BCUT2D eigenvalue weighted by Crippen LogP contribution is 2.06. The SMILES string of the molecule is Cn1cc(C(=O)O)c(C(=O)NCCn2cc(Cl)cn2)n1. The second kappa shape index (κ2) is 5.74. The summed E-state index contributed by atoms with van der Waals surface area (Å²) in [7, 11) is 1.55. The van der Waals surface area contributed by atoms with E-state index in [1.54, 1.807) is 17.9 Å². The van der Waals surface area contributed by atoms with Gasteiger partial charge in [-0.1, -0.05) is 11.6 Å². The molecule has 0 bridgehead atoms. The Kier molecular flexibility index (Phi) is 4.04. The van der Waals surface area contributed by atoms with Crippen molar-refractivity contribution in [2.75, 3.05) is 6.54 Å². The number of nitrogens with zero attached hydrogens (tertiary/aromatic N) is 4. The Bertz CT molecular complexity index is 648. The number of carbonyl (C=O) groups excluding carboxylic acids is 1. The lowest BCUT2D eigenvalue weighted by molar-refractivity contribution is 0.0691. The summed E-state index contributed by atoms with van der Waals surface area (Å²) in [5, 5.41) is 19.9. The highest BCUT2D eigenvalue weighted by atomic mass is 35.5. The molecule has 0 atom stereocenters. The summed E-state index contributed by atoms with van der Waals surface area (Å²) in [5.41, 5.74) is -0.245. The van der Waals surface area contributed by atoms with Gasteiger partial charge in [-0.25, -0.2) is 4.79 Å². The zero-order valence-corrected chi connectivity index (χ0v) is 11.3. The van der Waals surface area contributed by atoms with Gasteiger partial charge in [-0.3, -0.25) is 14.2 Å². The van der Waals surface area contributed by atoms with Gasteiger partial charge in [-0.15, -0.1) is 0 Å². The van der Waals surface area contributed by atoms with Crippen LogP contribution in [0.4, 0.5) is 0 Å². The lowest BCUT2D eigenvalue weighted by Gasteiger charge is -2.04. The molecule has 106 valence electrons. The lowest BCUT2D eigenvalue weighted by atomic mass is 10.2. The Morgan fingerprint density at radius 1 is 1.45 bits per heavy atom. The molecule has 2 rings (SSSR count). The minimum absolute atomic E-state index is 0.113. The van der Waals surface area contributed by atoms with Gasteiger partial charge in [0.25, 0.3) is 5.91 Å². The molecule has 2 heterocycles. The molecule has 0 unspecified atom stereocenters. The van der Waals surface area contributed by atoms with Gasteiger partial charge in [0.1, 0.15) is 5.56 Å². The highest BCUT2D eigenvalue weighted by Gasteiger charge is 2.20. The average Bonchev–Trinajstić information content (AvgIpc) is 2.95. The number of rotatable bonds is 5. The van der Waals surface area contributed by atoms with Crippen molar-refractivity contribution in [1.82, 2.24) is 24.9 Å². The first-order valence-corrected chi connectivity index (χ1v) is 6.08. The molecule has 0 aliphatic carbocycles. The molecule has 0 aliphatic heterocycles. The van der Waals surface area contributed by atoms with Crippen LogP contribution in [0.2, 0.25) is 5.02 Å². The van der Waals surface area contributed by atoms with Gasteiger partial charge in [0.2, 0.25) is 0 Å². The van der Waals surface area contributed by atoms with Crippen molar-refractivity contribution in [3.05, 3.63) is 34.9 Å². The maximum Gasteiger partial charge on any atom is 0.339 e. The topological polar surface area (TPSA) is 102 Å². The van der Waals surface area contributed by atoms with Gasteiger partial charge in [0.05, 0.1) is 17.8 Å². The van der Waals surface area contributed by atoms with E-state index in [-0.39, 0.29) is 17.8 Å². The van der Waals surface area contributed by atoms with Crippen LogP contribution in [0.1, 0.15) is 20.8 Å². The summed E-state index contributed by atoms with van der Waals surface area (Å²) in [5.74, 6) is -1.73. The molecule has 9 heteroatoms. The number of carboxylic acids is 1. The summed E-state index contributed by atoms with van der Waals surface area (Å²) in [6.07, 6.45) is 4.40. The summed E-state index contributed by atoms with van der Waals surface area (Å²) >= 11 is 5.71. The van der Waals surface area contributed by atoms with Crippen LogP contribution >= 0.6 is 11.6 Å². The molecule has 0 fully saturated rings. The largest absolute Gasteiger partial charge is 0.478 e. The number of aryl methyl sites for hydroxylation is 1. The molecule has 8 nitrogen and oxygen atoms in total. The summed E-state index contributed by atoms with van der Waals surface area (Å²) in [6, 6.07) is 0. The Labute approximate surface area is 118 Å². The van der Waals surface area contributed by atoms with Crippen molar-refractivity contribution >= 4 is 23.5 Å². The fraction of sp³-hybridized carbons (Fsp3) is 0.273. The second-order valence-corrected chi connectivity index (χ2v) is 4.48. The van der Waals surface area contributed by atoms with Crippen LogP contribution in [0, 0.1) is 0 Å². The van der Waals surface area contributed by atoms with Crippen LogP contribution in [0.15, 0.2) is 18.6 Å². The van der Waals surface area contributed by atoms with Gasteiger partial charge in [-0.05, 0) is 0 Å². The fourth-order valence-corrected chi connectivity index (χ4v) is 1.80. The standard InChI is InChI=1S/C11H12ClN5O3/c1-16-6-8(11(19)20)9(15-16)10(18)13-2-3-17-5-7(12)4-14-17/h4-6H,2-3H2,1H3,(H,13,18)(H,19,20). The molecule has 0 spiro atoms. The number of hydrogen-bond acceptors (Lipinski definition) is 4. The van der Waals surface area contributed by atoms with E-state index in [0.717, 1.165) is 0 Å². The summed E-state index contributed by atoms with van der Waals surface area (Å²) in [6.45, 7) is 0.709. The van der Waals surface area contributed by atoms with Crippen molar-refractivity contribution in [1.29, 1.82) is 0 Å². The molecule has 0 saturated carbocycles. The van der Waals surface area contributed by atoms with E-state index in [1.807, 2.05) is 0 Å². The average molecular weight is 298 g/mol. The predicted molar refractivity (Wildman–Crippen MR) is 69.7 cm³/mol. The van der Waals surface area contributed by atoms with E-state index in [4.69, 9.17) is 16.7 Å². The van der Waals surface area contributed by atoms with Crippen molar-refractivity contribution in [2.45, 2.75) is 6.54 Å². The lowest BCUT2D eigenvalue weighted by Crippen LogP contribution is -2.29. The van der Waals surface area contributed by atoms with Crippen LogP contribution in [-0.4, -0.2) is 43.1 Å². The van der Waals surface area contributed by atoms with E-state index in [2.05, 4.69) is 15.5 Å². The van der Waals surface area contributed by atoms with Gasteiger partial charge >= 0.3 is 5.97 Å². The third-order valence-corrected chi connectivity index (χ3v) is 2.70. The zero-order valence-electron chi connectivity index (χ0n) is 10.6. The quantitative estimate of drug-likeness (QED) is 0.831. The molecule has 0 aliphatic rings. The Hall–Kier alpha value is -2.35. The molecule has 2 aromatic rings. The first kappa shape index (κ1) is 14.1. The van der Waals surface area contributed by atoms with E-state index in [9.17, 15) is 9.59 Å². The number of amides is 1. The highest BCUT2D eigenvalue weighted by molar-refractivity contribution is 6.30. The van der Waals surface area contributed by atoms with E-state index >= 15 is 0 Å². The molecule has 0 aromatic carbocycles. The number of aromatic nitrogens is 4. The maximum atomic E-state index is 11.9. The van der Waals surface area contributed by atoms with Crippen molar-refractivity contribution in [2.24, 2.45) is 7.05 Å². The molecule has 0 saturated heterocycles. The monoisotopic (exact) mass is 297 g/mol. The number of carbonyl (C=O) groups is 2. The summed E-state index contributed by atoms with van der Waals surface area (Å²) < 4.78 is 2.85.